The third-order valence-electron chi connectivity index (χ3n) is 2.47. The van der Waals surface area contributed by atoms with Gasteiger partial charge in [-0.15, -0.1) is 0 Å². The Kier molecular flexibility index (Phi) is 3.75. The first-order valence-electron chi connectivity index (χ1n) is 5.79. The third-order valence-corrected chi connectivity index (χ3v) is 2.47. The zero-order valence-corrected chi connectivity index (χ0v) is 10.2. The Morgan fingerprint density at radius 2 is 1.56 bits per heavy atom. The highest BCUT2D eigenvalue weighted by Crippen LogP contribution is 2.15. The van der Waals surface area contributed by atoms with E-state index in [0.29, 0.717) is 16.9 Å². The second kappa shape index (κ2) is 5.47. The molecule has 0 aliphatic carbocycles. The van der Waals surface area contributed by atoms with E-state index >= 15 is 0 Å². The molecule has 2 N–H and O–H groups in total. The first-order valence-corrected chi connectivity index (χ1v) is 5.79. The number of rotatable bonds is 4. The summed E-state index contributed by atoms with van der Waals surface area (Å²) < 4.78 is 5.32. The van der Waals surface area contributed by atoms with Crippen molar-refractivity contribution in [3.8, 4) is 5.75 Å². The smallest absolute Gasteiger partial charge is 0.193 e. The Morgan fingerprint density at radius 1 is 1.00 bits per heavy atom. The van der Waals surface area contributed by atoms with E-state index in [2.05, 4.69) is 0 Å². The van der Waals surface area contributed by atoms with E-state index in [1.807, 2.05) is 18.2 Å². The molecule has 0 aliphatic heterocycles. The van der Waals surface area contributed by atoms with E-state index in [1.54, 1.807) is 43.3 Å². The molecule has 2 aromatic rings. The average molecular weight is 241 g/mol. The van der Waals surface area contributed by atoms with Crippen LogP contribution >= 0.6 is 0 Å². The van der Waals surface area contributed by atoms with Crippen LogP contribution in [-0.2, 0) is 0 Å². The molecular formula is C15H15NO2. The molecule has 0 aliphatic rings. The molecule has 0 bridgehead atoms. The topological polar surface area (TPSA) is 52.3 Å². The minimum atomic E-state index is -0.360. The lowest BCUT2D eigenvalue weighted by atomic mass is 10.0. The molecule has 0 aromatic heterocycles. The zero-order chi connectivity index (χ0) is 13.0. The van der Waals surface area contributed by atoms with Crippen molar-refractivity contribution >= 4 is 5.78 Å². The number of ketones is 1. The molecule has 0 fully saturated rings. The van der Waals surface area contributed by atoms with E-state index in [0.717, 1.165) is 0 Å². The molecule has 0 spiro atoms. The molecule has 2 rings (SSSR count). The van der Waals surface area contributed by atoms with Crippen LogP contribution < -0.4 is 10.5 Å². The SMILES string of the molecule is CC(N)Oc1ccc(C(=O)c2ccccc2)cc1. The number of carbonyl (C=O) groups is 1. The molecule has 0 heterocycles. The van der Waals surface area contributed by atoms with Crippen molar-refractivity contribution in [3.05, 3.63) is 65.7 Å². The summed E-state index contributed by atoms with van der Waals surface area (Å²) in [5, 5.41) is 0. The van der Waals surface area contributed by atoms with Crippen LogP contribution in [0.25, 0.3) is 0 Å². The van der Waals surface area contributed by atoms with E-state index in [-0.39, 0.29) is 12.0 Å². The number of benzene rings is 2. The monoisotopic (exact) mass is 241 g/mol. The third kappa shape index (κ3) is 2.96. The van der Waals surface area contributed by atoms with Gasteiger partial charge in [0.25, 0.3) is 0 Å². The molecule has 1 unspecified atom stereocenters. The first-order chi connectivity index (χ1) is 8.66. The van der Waals surface area contributed by atoms with Gasteiger partial charge in [-0.25, -0.2) is 0 Å². The van der Waals surface area contributed by atoms with Crippen molar-refractivity contribution in [2.45, 2.75) is 13.2 Å². The maximum absolute atomic E-state index is 12.1. The molecule has 3 heteroatoms. The summed E-state index contributed by atoms with van der Waals surface area (Å²) in [7, 11) is 0. The second-order valence-corrected chi connectivity index (χ2v) is 4.04. The van der Waals surface area contributed by atoms with Crippen LogP contribution in [0.5, 0.6) is 5.75 Å². The molecule has 0 saturated carbocycles. The summed E-state index contributed by atoms with van der Waals surface area (Å²) in [6.45, 7) is 1.75. The molecule has 0 radical (unpaired) electrons. The van der Waals surface area contributed by atoms with E-state index in [9.17, 15) is 4.79 Å². The van der Waals surface area contributed by atoms with Gasteiger partial charge in [-0.3, -0.25) is 10.5 Å². The maximum atomic E-state index is 12.1. The van der Waals surface area contributed by atoms with Crippen molar-refractivity contribution in [2.24, 2.45) is 5.73 Å². The number of hydrogen-bond acceptors (Lipinski definition) is 3. The molecule has 1 atom stereocenters. The highest BCUT2D eigenvalue weighted by molar-refractivity contribution is 6.08. The molecular weight excluding hydrogens is 226 g/mol. The minimum absolute atomic E-state index is 0.00273. The van der Waals surface area contributed by atoms with Crippen molar-refractivity contribution < 1.29 is 9.53 Å². The van der Waals surface area contributed by atoms with E-state index < -0.39 is 0 Å². The van der Waals surface area contributed by atoms with Crippen molar-refractivity contribution in [3.63, 3.8) is 0 Å². The van der Waals surface area contributed by atoms with Crippen LogP contribution in [0.2, 0.25) is 0 Å². The Bertz CT molecular complexity index is 518. The molecule has 0 amide bonds. The zero-order valence-electron chi connectivity index (χ0n) is 10.2. The number of nitrogens with two attached hydrogens (primary N) is 1. The molecule has 92 valence electrons. The standard InChI is InChI=1S/C15H15NO2/c1-11(16)18-14-9-7-13(8-10-14)15(17)12-5-3-2-4-6-12/h2-11H,16H2,1H3. The lowest BCUT2D eigenvalue weighted by molar-refractivity contribution is 0.103. The second-order valence-electron chi connectivity index (χ2n) is 4.04. The van der Waals surface area contributed by atoms with Crippen LogP contribution in [0.3, 0.4) is 0 Å². The van der Waals surface area contributed by atoms with E-state index in [1.165, 1.54) is 0 Å². The van der Waals surface area contributed by atoms with Gasteiger partial charge < -0.3 is 4.74 Å². The maximum Gasteiger partial charge on any atom is 0.193 e. The van der Waals surface area contributed by atoms with Gasteiger partial charge in [0.05, 0.1) is 0 Å². The van der Waals surface area contributed by atoms with Crippen LogP contribution in [0.15, 0.2) is 54.6 Å². The number of ether oxygens (including phenoxy) is 1. The average Bonchev–Trinajstić information content (AvgIpc) is 2.39. The molecule has 2 aromatic carbocycles. The van der Waals surface area contributed by atoms with Gasteiger partial charge in [-0.2, -0.15) is 0 Å². The van der Waals surface area contributed by atoms with Gasteiger partial charge >= 0.3 is 0 Å². The number of hydrogen-bond donors (Lipinski definition) is 1. The summed E-state index contributed by atoms with van der Waals surface area (Å²) in [4.78, 5) is 12.1. The largest absolute Gasteiger partial charge is 0.476 e. The molecule has 18 heavy (non-hydrogen) atoms. The highest BCUT2D eigenvalue weighted by atomic mass is 16.5. The number of carbonyl (C=O) groups excluding carboxylic acids is 1. The first kappa shape index (κ1) is 12.3. The van der Waals surface area contributed by atoms with E-state index in [4.69, 9.17) is 10.5 Å². The lowest BCUT2D eigenvalue weighted by Crippen LogP contribution is -2.22. The Labute approximate surface area is 106 Å². The molecule has 0 saturated heterocycles. The normalized spacial score (nSPS) is 11.9. The lowest BCUT2D eigenvalue weighted by Gasteiger charge is -2.09. The fourth-order valence-electron chi connectivity index (χ4n) is 1.66. The van der Waals surface area contributed by atoms with Gasteiger partial charge in [0.1, 0.15) is 12.0 Å². The highest BCUT2D eigenvalue weighted by Gasteiger charge is 2.08. The van der Waals surface area contributed by atoms with Crippen LogP contribution in [0.4, 0.5) is 0 Å². The van der Waals surface area contributed by atoms with Crippen molar-refractivity contribution in [1.29, 1.82) is 0 Å². The summed E-state index contributed by atoms with van der Waals surface area (Å²) in [5.74, 6) is 0.664. The fourth-order valence-corrected chi connectivity index (χ4v) is 1.66. The van der Waals surface area contributed by atoms with Gasteiger partial charge in [0.2, 0.25) is 0 Å². The van der Waals surface area contributed by atoms with Crippen LogP contribution in [0, 0.1) is 0 Å². The summed E-state index contributed by atoms with van der Waals surface area (Å²) >= 11 is 0. The fraction of sp³-hybridized carbons (Fsp3) is 0.133. The van der Waals surface area contributed by atoms with Gasteiger partial charge in [0.15, 0.2) is 5.78 Å². The summed E-state index contributed by atoms with van der Waals surface area (Å²) in [6, 6.07) is 16.2. The van der Waals surface area contributed by atoms with Crippen molar-refractivity contribution in [2.75, 3.05) is 0 Å². The van der Waals surface area contributed by atoms with Gasteiger partial charge in [0, 0.05) is 11.1 Å². The van der Waals surface area contributed by atoms with Crippen LogP contribution in [0.1, 0.15) is 22.8 Å². The minimum Gasteiger partial charge on any atom is -0.476 e. The Morgan fingerprint density at radius 3 is 2.11 bits per heavy atom. The quantitative estimate of drug-likeness (QED) is 0.661. The predicted octanol–water partition coefficient (Wildman–Crippen LogP) is 2.60. The summed E-state index contributed by atoms with van der Waals surface area (Å²) in [6.07, 6.45) is -0.360. The predicted molar refractivity (Wildman–Crippen MR) is 70.6 cm³/mol. The Balaban J connectivity index is 2.17. The van der Waals surface area contributed by atoms with Crippen LogP contribution in [-0.4, -0.2) is 12.0 Å². The Hall–Kier alpha value is -2.13. The van der Waals surface area contributed by atoms with Gasteiger partial charge in [-0.05, 0) is 31.2 Å². The van der Waals surface area contributed by atoms with Crippen molar-refractivity contribution in [1.82, 2.24) is 0 Å². The summed E-state index contributed by atoms with van der Waals surface area (Å²) in [5.41, 5.74) is 6.84. The van der Waals surface area contributed by atoms with Gasteiger partial charge in [-0.1, -0.05) is 30.3 Å². The molecule has 3 nitrogen and oxygen atoms in total.